The Hall–Kier alpha value is -1.31. The molecular formula is C16H24O2. The monoisotopic (exact) mass is 248 g/mol. The smallest absolute Gasteiger partial charge is 0.338 e. The minimum atomic E-state index is -0.179. The first-order valence-corrected chi connectivity index (χ1v) is 6.81. The Morgan fingerprint density at radius 3 is 2.22 bits per heavy atom. The van der Waals surface area contributed by atoms with Crippen molar-refractivity contribution in [3.8, 4) is 0 Å². The molecule has 0 saturated carbocycles. The molecule has 1 rings (SSSR count). The third-order valence-electron chi connectivity index (χ3n) is 3.11. The Balaban J connectivity index is 2.57. The fourth-order valence-electron chi connectivity index (χ4n) is 2.27. The number of esters is 1. The van der Waals surface area contributed by atoms with E-state index in [4.69, 9.17) is 4.74 Å². The highest BCUT2D eigenvalue weighted by Gasteiger charge is 2.13. The number of ether oxygens (including phenoxy) is 1. The summed E-state index contributed by atoms with van der Waals surface area (Å²) in [5.74, 6) is -0.179. The Bertz CT molecular complexity index is 385. The van der Waals surface area contributed by atoms with Crippen LogP contribution in [0.3, 0.4) is 0 Å². The first-order valence-electron chi connectivity index (χ1n) is 6.81. The van der Waals surface area contributed by atoms with Gasteiger partial charge in [-0.1, -0.05) is 43.9 Å². The highest BCUT2D eigenvalue weighted by atomic mass is 16.5. The minimum Gasteiger partial charge on any atom is -0.462 e. The van der Waals surface area contributed by atoms with Gasteiger partial charge < -0.3 is 4.74 Å². The summed E-state index contributed by atoms with van der Waals surface area (Å²) in [5.41, 5.74) is 3.93. The van der Waals surface area contributed by atoms with Crippen molar-refractivity contribution in [2.75, 3.05) is 6.61 Å². The van der Waals surface area contributed by atoms with Gasteiger partial charge in [-0.15, -0.1) is 0 Å². The molecule has 2 nitrogen and oxygen atoms in total. The molecule has 0 fully saturated rings. The maximum atomic E-state index is 12.0. The molecule has 0 atom stereocenters. The standard InChI is InChI=1S/C16H24O2/c1-5-6-7-8-9-18-16(17)15-13(3)10-12(2)11-14(15)4/h10-11H,5-9H2,1-4H3. The second-order valence-corrected chi connectivity index (χ2v) is 4.97. The molecule has 100 valence electrons. The number of hydrogen-bond acceptors (Lipinski definition) is 2. The number of benzene rings is 1. The first kappa shape index (κ1) is 14.7. The van der Waals surface area contributed by atoms with Crippen LogP contribution in [0, 0.1) is 20.8 Å². The largest absolute Gasteiger partial charge is 0.462 e. The molecule has 0 aromatic heterocycles. The summed E-state index contributed by atoms with van der Waals surface area (Å²) in [4.78, 5) is 12.0. The molecule has 2 heteroatoms. The second-order valence-electron chi connectivity index (χ2n) is 4.97. The number of aryl methyl sites for hydroxylation is 3. The van der Waals surface area contributed by atoms with Crippen molar-refractivity contribution in [3.63, 3.8) is 0 Å². The van der Waals surface area contributed by atoms with Crippen molar-refractivity contribution < 1.29 is 9.53 Å². The molecule has 1 aromatic rings. The summed E-state index contributed by atoms with van der Waals surface area (Å²) in [7, 11) is 0. The molecular weight excluding hydrogens is 224 g/mol. The van der Waals surface area contributed by atoms with Crippen LogP contribution < -0.4 is 0 Å². The van der Waals surface area contributed by atoms with E-state index in [9.17, 15) is 4.79 Å². The average Bonchev–Trinajstić information content (AvgIpc) is 2.27. The zero-order valence-corrected chi connectivity index (χ0v) is 12.0. The van der Waals surface area contributed by atoms with Crippen LogP contribution in [-0.4, -0.2) is 12.6 Å². The van der Waals surface area contributed by atoms with Crippen LogP contribution >= 0.6 is 0 Å². The molecule has 0 saturated heterocycles. The van der Waals surface area contributed by atoms with E-state index in [-0.39, 0.29) is 5.97 Å². The van der Waals surface area contributed by atoms with Crippen LogP contribution in [0.25, 0.3) is 0 Å². The van der Waals surface area contributed by atoms with Crippen LogP contribution in [0.2, 0.25) is 0 Å². The zero-order chi connectivity index (χ0) is 13.5. The molecule has 0 aliphatic carbocycles. The SMILES string of the molecule is CCCCCCOC(=O)c1c(C)cc(C)cc1C. The Morgan fingerprint density at radius 1 is 1.06 bits per heavy atom. The minimum absolute atomic E-state index is 0.179. The van der Waals surface area contributed by atoms with E-state index in [0.29, 0.717) is 6.61 Å². The highest BCUT2D eigenvalue weighted by Crippen LogP contribution is 2.17. The lowest BCUT2D eigenvalue weighted by Crippen LogP contribution is -2.10. The molecule has 0 N–H and O–H groups in total. The summed E-state index contributed by atoms with van der Waals surface area (Å²) >= 11 is 0. The van der Waals surface area contributed by atoms with Gasteiger partial charge in [0.25, 0.3) is 0 Å². The molecule has 0 bridgehead atoms. The molecule has 0 unspecified atom stereocenters. The van der Waals surface area contributed by atoms with E-state index in [1.807, 2.05) is 32.9 Å². The number of carbonyl (C=O) groups excluding carboxylic acids is 1. The van der Waals surface area contributed by atoms with Gasteiger partial charge in [-0.2, -0.15) is 0 Å². The van der Waals surface area contributed by atoms with Gasteiger partial charge in [0.05, 0.1) is 12.2 Å². The molecule has 1 aromatic carbocycles. The topological polar surface area (TPSA) is 26.3 Å². The van der Waals surface area contributed by atoms with E-state index in [0.717, 1.165) is 29.5 Å². The number of rotatable bonds is 6. The van der Waals surface area contributed by atoms with Crippen molar-refractivity contribution in [2.24, 2.45) is 0 Å². The predicted molar refractivity (Wildman–Crippen MR) is 75.1 cm³/mol. The van der Waals surface area contributed by atoms with Gasteiger partial charge in [-0.3, -0.25) is 0 Å². The van der Waals surface area contributed by atoms with Crippen LogP contribution in [0.1, 0.15) is 59.7 Å². The van der Waals surface area contributed by atoms with Gasteiger partial charge in [-0.05, 0) is 38.3 Å². The van der Waals surface area contributed by atoms with Gasteiger partial charge >= 0.3 is 5.97 Å². The normalized spacial score (nSPS) is 10.4. The average molecular weight is 248 g/mol. The van der Waals surface area contributed by atoms with Crippen LogP contribution in [0.5, 0.6) is 0 Å². The molecule has 0 aliphatic heterocycles. The summed E-state index contributed by atoms with van der Waals surface area (Å²) in [6.45, 7) is 8.68. The third-order valence-corrected chi connectivity index (χ3v) is 3.11. The number of unbranched alkanes of at least 4 members (excludes halogenated alkanes) is 3. The van der Waals surface area contributed by atoms with E-state index in [1.54, 1.807) is 0 Å². The van der Waals surface area contributed by atoms with Crippen LogP contribution in [0.15, 0.2) is 12.1 Å². The molecule has 0 aliphatic rings. The Kier molecular flexibility index (Phi) is 5.90. The van der Waals surface area contributed by atoms with Crippen molar-refractivity contribution in [2.45, 2.75) is 53.4 Å². The van der Waals surface area contributed by atoms with Gasteiger partial charge in [0, 0.05) is 0 Å². The lowest BCUT2D eigenvalue weighted by Gasteiger charge is -2.11. The summed E-state index contributed by atoms with van der Waals surface area (Å²) < 4.78 is 5.34. The second kappa shape index (κ2) is 7.20. The van der Waals surface area contributed by atoms with Gasteiger partial charge in [0.2, 0.25) is 0 Å². The molecule has 0 heterocycles. The van der Waals surface area contributed by atoms with Crippen LogP contribution in [-0.2, 0) is 4.74 Å². The maximum absolute atomic E-state index is 12.0. The van der Waals surface area contributed by atoms with Gasteiger partial charge in [0.15, 0.2) is 0 Å². The van der Waals surface area contributed by atoms with Gasteiger partial charge in [0.1, 0.15) is 0 Å². The Morgan fingerprint density at radius 2 is 1.67 bits per heavy atom. The fourth-order valence-corrected chi connectivity index (χ4v) is 2.27. The van der Waals surface area contributed by atoms with Crippen molar-refractivity contribution in [1.29, 1.82) is 0 Å². The fraction of sp³-hybridized carbons (Fsp3) is 0.562. The van der Waals surface area contributed by atoms with Crippen molar-refractivity contribution in [3.05, 3.63) is 34.4 Å². The lowest BCUT2D eigenvalue weighted by atomic mass is 10.00. The Labute approximate surface area is 110 Å². The molecule has 0 radical (unpaired) electrons. The van der Waals surface area contributed by atoms with Crippen LogP contribution in [0.4, 0.5) is 0 Å². The highest BCUT2D eigenvalue weighted by molar-refractivity contribution is 5.92. The lowest BCUT2D eigenvalue weighted by molar-refractivity contribution is 0.0496. The third kappa shape index (κ3) is 4.17. The molecule has 0 amide bonds. The predicted octanol–water partition coefficient (Wildman–Crippen LogP) is 4.35. The molecule has 18 heavy (non-hydrogen) atoms. The van der Waals surface area contributed by atoms with Crippen molar-refractivity contribution >= 4 is 5.97 Å². The molecule has 0 spiro atoms. The van der Waals surface area contributed by atoms with E-state index >= 15 is 0 Å². The van der Waals surface area contributed by atoms with E-state index in [1.165, 1.54) is 18.4 Å². The summed E-state index contributed by atoms with van der Waals surface area (Å²) in [6.07, 6.45) is 4.50. The van der Waals surface area contributed by atoms with Gasteiger partial charge in [-0.25, -0.2) is 4.79 Å². The maximum Gasteiger partial charge on any atom is 0.338 e. The number of carbonyl (C=O) groups is 1. The van der Waals surface area contributed by atoms with E-state index < -0.39 is 0 Å². The summed E-state index contributed by atoms with van der Waals surface area (Å²) in [5, 5.41) is 0. The zero-order valence-electron chi connectivity index (χ0n) is 12.0. The summed E-state index contributed by atoms with van der Waals surface area (Å²) in [6, 6.07) is 4.06. The van der Waals surface area contributed by atoms with E-state index in [2.05, 4.69) is 6.92 Å². The number of hydrogen-bond donors (Lipinski definition) is 0. The van der Waals surface area contributed by atoms with Crippen molar-refractivity contribution in [1.82, 2.24) is 0 Å². The first-order chi connectivity index (χ1) is 8.56. The quantitative estimate of drug-likeness (QED) is 0.552.